The smallest absolute Gasteiger partial charge is 0.0611 e. The van der Waals surface area contributed by atoms with Gasteiger partial charge in [0.05, 0.1) is 6.61 Å². The van der Waals surface area contributed by atoms with Gasteiger partial charge in [-0.1, -0.05) is 19.8 Å². The fourth-order valence-electron chi connectivity index (χ4n) is 1.71. The Labute approximate surface area is 99.6 Å². The van der Waals surface area contributed by atoms with E-state index in [2.05, 4.69) is 19.2 Å². The summed E-state index contributed by atoms with van der Waals surface area (Å²) in [6.07, 6.45) is 6.00. The first-order chi connectivity index (χ1) is 7.70. The van der Waals surface area contributed by atoms with Gasteiger partial charge in [-0.25, -0.2) is 0 Å². The average molecular weight is 229 g/mol. The lowest BCUT2D eigenvalue weighted by Gasteiger charge is -2.28. The molecule has 3 heteroatoms. The Morgan fingerprint density at radius 1 is 1.38 bits per heavy atom. The van der Waals surface area contributed by atoms with Crippen molar-refractivity contribution in [3.63, 3.8) is 0 Å². The summed E-state index contributed by atoms with van der Waals surface area (Å²) >= 11 is 0. The fourth-order valence-corrected chi connectivity index (χ4v) is 1.71. The first kappa shape index (κ1) is 13.9. The molecule has 0 aromatic carbocycles. The maximum absolute atomic E-state index is 9.35. The van der Waals surface area contributed by atoms with Crippen molar-refractivity contribution in [1.29, 1.82) is 0 Å². The molecule has 1 aliphatic rings. The van der Waals surface area contributed by atoms with E-state index in [4.69, 9.17) is 4.74 Å². The van der Waals surface area contributed by atoms with Gasteiger partial charge < -0.3 is 15.2 Å². The van der Waals surface area contributed by atoms with Gasteiger partial charge in [-0.2, -0.15) is 0 Å². The van der Waals surface area contributed by atoms with E-state index in [1.165, 1.54) is 19.3 Å². The zero-order valence-electron chi connectivity index (χ0n) is 10.8. The first-order valence-electron chi connectivity index (χ1n) is 6.64. The lowest BCUT2D eigenvalue weighted by molar-refractivity contribution is 0.0838. The molecule has 0 bridgehead atoms. The number of nitrogens with one attached hydrogen (secondary N) is 1. The topological polar surface area (TPSA) is 41.5 Å². The predicted molar refractivity (Wildman–Crippen MR) is 66.6 cm³/mol. The van der Waals surface area contributed by atoms with Gasteiger partial charge in [-0.15, -0.1) is 0 Å². The Morgan fingerprint density at radius 3 is 2.69 bits per heavy atom. The van der Waals surface area contributed by atoms with Crippen molar-refractivity contribution in [2.24, 2.45) is 5.92 Å². The molecule has 1 atom stereocenters. The molecule has 16 heavy (non-hydrogen) atoms. The third-order valence-electron chi connectivity index (χ3n) is 3.32. The molecular formula is C13H27NO2. The number of hydrogen-bond donors (Lipinski definition) is 2. The minimum Gasteiger partial charge on any atom is -0.394 e. The second kappa shape index (κ2) is 7.25. The van der Waals surface area contributed by atoms with Crippen LogP contribution >= 0.6 is 0 Å². The minimum atomic E-state index is -0.171. The summed E-state index contributed by atoms with van der Waals surface area (Å²) in [5.41, 5.74) is -0.171. The van der Waals surface area contributed by atoms with Gasteiger partial charge in [0, 0.05) is 18.8 Å². The molecule has 1 saturated carbocycles. The van der Waals surface area contributed by atoms with Crippen molar-refractivity contribution in [2.45, 2.75) is 51.5 Å². The second-order valence-electron chi connectivity index (χ2n) is 5.24. The third kappa shape index (κ3) is 5.83. The van der Waals surface area contributed by atoms with Crippen LogP contribution in [-0.2, 0) is 4.74 Å². The van der Waals surface area contributed by atoms with E-state index < -0.39 is 0 Å². The second-order valence-corrected chi connectivity index (χ2v) is 5.24. The number of rotatable bonds is 10. The third-order valence-corrected chi connectivity index (χ3v) is 3.32. The van der Waals surface area contributed by atoms with Crippen LogP contribution in [0.5, 0.6) is 0 Å². The van der Waals surface area contributed by atoms with E-state index >= 15 is 0 Å². The number of hydrogen-bond acceptors (Lipinski definition) is 3. The summed E-state index contributed by atoms with van der Waals surface area (Å²) < 4.78 is 5.61. The summed E-state index contributed by atoms with van der Waals surface area (Å²) in [4.78, 5) is 0. The first-order valence-corrected chi connectivity index (χ1v) is 6.64. The van der Waals surface area contributed by atoms with E-state index in [1.807, 2.05) is 0 Å². The van der Waals surface area contributed by atoms with Crippen LogP contribution in [0.15, 0.2) is 0 Å². The largest absolute Gasteiger partial charge is 0.394 e. The molecule has 0 saturated heterocycles. The van der Waals surface area contributed by atoms with E-state index in [9.17, 15) is 5.11 Å². The highest BCUT2D eigenvalue weighted by Crippen LogP contribution is 2.32. The Morgan fingerprint density at radius 2 is 2.12 bits per heavy atom. The maximum Gasteiger partial charge on any atom is 0.0611 e. The highest BCUT2D eigenvalue weighted by molar-refractivity contribution is 4.81. The normalized spacial score (nSPS) is 19.7. The van der Waals surface area contributed by atoms with Crippen molar-refractivity contribution in [3.8, 4) is 0 Å². The van der Waals surface area contributed by atoms with Crippen LogP contribution in [-0.4, -0.2) is 37.0 Å². The van der Waals surface area contributed by atoms with Crippen molar-refractivity contribution in [2.75, 3.05) is 26.4 Å². The van der Waals surface area contributed by atoms with Gasteiger partial charge >= 0.3 is 0 Å². The maximum atomic E-state index is 9.35. The van der Waals surface area contributed by atoms with Crippen LogP contribution < -0.4 is 5.32 Å². The molecule has 1 aliphatic carbocycles. The lowest BCUT2D eigenvalue weighted by atomic mass is 9.99. The quantitative estimate of drug-likeness (QED) is 0.563. The Hall–Kier alpha value is -0.120. The molecule has 0 spiro atoms. The van der Waals surface area contributed by atoms with Crippen LogP contribution in [0.1, 0.15) is 46.0 Å². The van der Waals surface area contributed by atoms with E-state index in [0.717, 1.165) is 38.5 Å². The Bertz CT molecular complexity index is 183. The number of ether oxygens (including phenoxy) is 1. The van der Waals surface area contributed by atoms with Crippen molar-refractivity contribution < 1.29 is 9.84 Å². The summed E-state index contributed by atoms with van der Waals surface area (Å²) in [6, 6.07) is 0. The molecule has 2 N–H and O–H groups in total. The molecule has 0 amide bonds. The summed E-state index contributed by atoms with van der Waals surface area (Å²) in [7, 11) is 0. The summed E-state index contributed by atoms with van der Waals surface area (Å²) in [5, 5.41) is 12.7. The van der Waals surface area contributed by atoms with Gasteiger partial charge in [0.1, 0.15) is 0 Å². The molecule has 96 valence electrons. The van der Waals surface area contributed by atoms with Crippen LogP contribution in [0, 0.1) is 5.92 Å². The van der Waals surface area contributed by atoms with E-state index in [1.54, 1.807) is 0 Å². The van der Waals surface area contributed by atoms with E-state index in [-0.39, 0.29) is 12.1 Å². The fraction of sp³-hybridized carbons (Fsp3) is 1.00. The number of aliphatic hydroxyl groups is 1. The van der Waals surface area contributed by atoms with Crippen molar-refractivity contribution in [1.82, 2.24) is 5.32 Å². The van der Waals surface area contributed by atoms with Gasteiger partial charge in [-0.05, 0) is 38.6 Å². The lowest BCUT2D eigenvalue weighted by Crippen LogP contribution is -2.46. The zero-order chi connectivity index (χ0) is 11.9. The van der Waals surface area contributed by atoms with Gasteiger partial charge in [0.25, 0.3) is 0 Å². The molecule has 1 unspecified atom stereocenters. The molecule has 0 aliphatic heterocycles. The molecule has 1 rings (SSSR count). The molecule has 0 heterocycles. The molecule has 1 fully saturated rings. The molecule has 3 nitrogen and oxygen atoms in total. The van der Waals surface area contributed by atoms with Crippen LogP contribution in [0.4, 0.5) is 0 Å². The molecule has 0 aromatic heterocycles. The van der Waals surface area contributed by atoms with Gasteiger partial charge in [0.2, 0.25) is 0 Å². The highest BCUT2D eigenvalue weighted by Gasteiger charge is 2.23. The molecule has 0 radical (unpaired) electrons. The molecular weight excluding hydrogens is 202 g/mol. The zero-order valence-corrected chi connectivity index (χ0v) is 10.8. The van der Waals surface area contributed by atoms with Crippen LogP contribution in [0.2, 0.25) is 0 Å². The summed E-state index contributed by atoms with van der Waals surface area (Å²) in [5.74, 6) is 0.947. The number of aliphatic hydroxyl groups excluding tert-OH is 1. The minimum absolute atomic E-state index is 0.171. The SMILES string of the molecule is CCCNC(C)(CO)CCOCCC1CC1. The Balaban J connectivity index is 2.01. The standard InChI is InChI=1S/C13H27NO2/c1-3-8-14-13(2,11-15)7-10-16-9-6-12-4-5-12/h12,14-15H,3-11H2,1-2H3. The van der Waals surface area contributed by atoms with Crippen molar-refractivity contribution in [3.05, 3.63) is 0 Å². The van der Waals surface area contributed by atoms with Crippen molar-refractivity contribution >= 4 is 0 Å². The average Bonchev–Trinajstić information content (AvgIpc) is 3.10. The van der Waals surface area contributed by atoms with E-state index in [0.29, 0.717) is 0 Å². The predicted octanol–water partition coefficient (Wildman–Crippen LogP) is 1.94. The molecule has 0 aromatic rings. The van der Waals surface area contributed by atoms with Crippen LogP contribution in [0.25, 0.3) is 0 Å². The highest BCUT2D eigenvalue weighted by atomic mass is 16.5. The van der Waals surface area contributed by atoms with Gasteiger partial charge in [0.15, 0.2) is 0 Å². The van der Waals surface area contributed by atoms with Crippen LogP contribution in [0.3, 0.4) is 0 Å². The monoisotopic (exact) mass is 229 g/mol. The summed E-state index contributed by atoms with van der Waals surface area (Å²) in [6.45, 7) is 6.97. The Kier molecular flexibility index (Phi) is 6.32. The van der Waals surface area contributed by atoms with Gasteiger partial charge in [-0.3, -0.25) is 0 Å².